The van der Waals surface area contributed by atoms with Crippen LogP contribution in [0.4, 0.5) is 0 Å². The molecule has 0 rings (SSSR count). The van der Waals surface area contributed by atoms with Crippen molar-refractivity contribution in [2.45, 2.75) is 187 Å². The second-order valence-electron chi connectivity index (χ2n) is 16.6. The van der Waals surface area contributed by atoms with Gasteiger partial charge in [-0.1, -0.05) is 168 Å². The summed E-state index contributed by atoms with van der Waals surface area (Å²) in [6, 6.07) is 0. The summed E-state index contributed by atoms with van der Waals surface area (Å²) in [5, 5.41) is 0. The fourth-order valence-corrected chi connectivity index (χ4v) is 6.88. The minimum atomic E-state index is -0.127. The molecule has 0 saturated carbocycles. The SMILES string of the molecule is CCCCCCCCCCCCCCCCCC(=O)OCCOCCOCCOCCOCCOCCOCCOCCOCCOCCOCCCCCCCCCCCCC. The molecule has 0 aromatic carbocycles. The maximum Gasteiger partial charge on any atom is 0.305 e. The smallest absolute Gasteiger partial charge is 0.305 e. The van der Waals surface area contributed by atoms with Crippen LogP contribution in [0, 0.1) is 0 Å². The van der Waals surface area contributed by atoms with Gasteiger partial charge in [0.15, 0.2) is 0 Å². The van der Waals surface area contributed by atoms with Crippen LogP contribution in [-0.4, -0.2) is 145 Å². The Hall–Kier alpha value is -0.930. The second kappa shape index (κ2) is 59.1. The van der Waals surface area contributed by atoms with Crippen molar-refractivity contribution in [1.29, 1.82) is 0 Å². The molecule has 0 amide bonds. The lowest BCUT2D eigenvalue weighted by atomic mass is 10.0. The Labute approximate surface area is 387 Å². The van der Waals surface area contributed by atoms with E-state index in [1.165, 1.54) is 148 Å². The van der Waals surface area contributed by atoms with Crippen LogP contribution in [0.15, 0.2) is 0 Å². The van der Waals surface area contributed by atoms with Gasteiger partial charge in [-0.25, -0.2) is 0 Å². The van der Waals surface area contributed by atoms with Crippen LogP contribution in [0.2, 0.25) is 0 Å². The molecule has 0 bridgehead atoms. The van der Waals surface area contributed by atoms with Crippen molar-refractivity contribution in [3.05, 3.63) is 0 Å². The Morgan fingerprint density at radius 1 is 0.222 bits per heavy atom. The number of ether oxygens (including phenoxy) is 11. The lowest BCUT2D eigenvalue weighted by Crippen LogP contribution is -2.15. The average molecular weight is 907 g/mol. The predicted octanol–water partition coefficient (Wildman–Crippen LogP) is 11.3. The Morgan fingerprint density at radius 3 is 0.667 bits per heavy atom. The number of hydrogen-bond donors (Lipinski definition) is 0. The van der Waals surface area contributed by atoms with Crippen molar-refractivity contribution in [1.82, 2.24) is 0 Å². The van der Waals surface area contributed by atoms with E-state index in [2.05, 4.69) is 13.8 Å². The molecule has 0 aromatic rings. The molecule has 0 fully saturated rings. The maximum absolute atomic E-state index is 11.9. The van der Waals surface area contributed by atoms with E-state index in [0.29, 0.717) is 139 Å². The minimum Gasteiger partial charge on any atom is -0.463 e. The predicted molar refractivity (Wildman–Crippen MR) is 255 cm³/mol. The van der Waals surface area contributed by atoms with Crippen molar-refractivity contribution in [2.75, 3.05) is 139 Å². The summed E-state index contributed by atoms with van der Waals surface area (Å²) in [7, 11) is 0. The van der Waals surface area contributed by atoms with Gasteiger partial charge in [0.2, 0.25) is 0 Å². The summed E-state index contributed by atoms with van der Waals surface area (Å²) in [5.74, 6) is -0.127. The van der Waals surface area contributed by atoms with Gasteiger partial charge in [0.1, 0.15) is 6.61 Å². The molecule has 0 spiro atoms. The zero-order valence-electron chi connectivity index (χ0n) is 41.3. The van der Waals surface area contributed by atoms with Crippen molar-refractivity contribution >= 4 is 5.97 Å². The fraction of sp³-hybridized carbons (Fsp3) is 0.980. The van der Waals surface area contributed by atoms with Crippen molar-refractivity contribution in [3.63, 3.8) is 0 Å². The van der Waals surface area contributed by atoms with Gasteiger partial charge in [-0.15, -0.1) is 0 Å². The third-order valence-electron chi connectivity index (χ3n) is 10.7. The Bertz CT molecular complexity index is 823. The number of carbonyl (C=O) groups is 1. The second-order valence-corrected chi connectivity index (χ2v) is 16.6. The summed E-state index contributed by atoms with van der Waals surface area (Å²) >= 11 is 0. The number of carbonyl (C=O) groups excluding carboxylic acids is 1. The summed E-state index contributed by atoms with van der Waals surface area (Å²) in [6.45, 7) is 15.5. The molecule has 0 N–H and O–H groups in total. The first kappa shape index (κ1) is 62.1. The topological polar surface area (TPSA) is 119 Å². The molecule has 0 aliphatic heterocycles. The molecule has 0 unspecified atom stereocenters. The van der Waals surface area contributed by atoms with Gasteiger partial charge in [-0.2, -0.15) is 0 Å². The first-order valence-electron chi connectivity index (χ1n) is 26.2. The lowest BCUT2D eigenvalue weighted by molar-refractivity contribution is -0.145. The van der Waals surface area contributed by atoms with Gasteiger partial charge in [0.25, 0.3) is 0 Å². The molecule has 0 heterocycles. The summed E-state index contributed by atoms with van der Waals surface area (Å²) in [5.41, 5.74) is 0. The lowest BCUT2D eigenvalue weighted by Gasteiger charge is -2.09. The zero-order valence-corrected chi connectivity index (χ0v) is 41.3. The summed E-state index contributed by atoms with van der Waals surface area (Å²) in [4.78, 5) is 11.9. The van der Waals surface area contributed by atoms with Crippen LogP contribution < -0.4 is 0 Å². The van der Waals surface area contributed by atoms with E-state index in [0.717, 1.165) is 25.9 Å². The number of unbranched alkanes of at least 4 members (excludes halogenated alkanes) is 24. The van der Waals surface area contributed by atoms with Gasteiger partial charge in [0, 0.05) is 13.0 Å². The van der Waals surface area contributed by atoms with Crippen LogP contribution in [0.1, 0.15) is 187 Å². The highest BCUT2D eigenvalue weighted by Gasteiger charge is 2.03. The third-order valence-corrected chi connectivity index (χ3v) is 10.7. The molecule has 0 saturated heterocycles. The van der Waals surface area contributed by atoms with Gasteiger partial charge in [-0.3, -0.25) is 4.79 Å². The van der Waals surface area contributed by atoms with E-state index in [1.807, 2.05) is 0 Å². The number of hydrogen-bond acceptors (Lipinski definition) is 12. The van der Waals surface area contributed by atoms with Gasteiger partial charge < -0.3 is 52.1 Å². The average Bonchev–Trinajstić information content (AvgIpc) is 3.29. The first-order valence-corrected chi connectivity index (χ1v) is 26.2. The first-order chi connectivity index (χ1) is 31.3. The molecule has 378 valence electrons. The van der Waals surface area contributed by atoms with E-state index in [1.54, 1.807) is 0 Å². The molecule has 12 nitrogen and oxygen atoms in total. The standard InChI is InChI=1S/C51H102O12/c1-3-5-7-9-11-13-15-16-17-18-19-21-23-25-27-29-51(52)63-50-49-62-48-47-61-46-45-60-44-43-59-42-41-58-40-39-57-38-37-56-36-35-55-34-33-54-32-31-53-30-28-26-24-22-20-14-12-10-8-6-4-2/h3-50H2,1-2H3. The van der Waals surface area contributed by atoms with Gasteiger partial charge >= 0.3 is 5.97 Å². The van der Waals surface area contributed by atoms with Crippen LogP contribution in [0.5, 0.6) is 0 Å². The minimum absolute atomic E-state index is 0.127. The van der Waals surface area contributed by atoms with E-state index in [4.69, 9.17) is 52.1 Å². The molecule has 0 radical (unpaired) electrons. The van der Waals surface area contributed by atoms with E-state index in [-0.39, 0.29) is 5.97 Å². The third kappa shape index (κ3) is 59.1. The van der Waals surface area contributed by atoms with Crippen LogP contribution in [0.3, 0.4) is 0 Å². The maximum atomic E-state index is 11.9. The fourth-order valence-electron chi connectivity index (χ4n) is 6.88. The van der Waals surface area contributed by atoms with E-state index < -0.39 is 0 Å². The van der Waals surface area contributed by atoms with Gasteiger partial charge in [0.05, 0.1) is 126 Å². The van der Waals surface area contributed by atoms with E-state index in [9.17, 15) is 4.79 Å². The van der Waals surface area contributed by atoms with Crippen molar-refractivity contribution in [2.24, 2.45) is 0 Å². The normalized spacial score (nSPS) is 11.6. The molecule has 63 heavy (non-hydrogen) atoms. The van der Waals surface area contributed by atoms with E-state index >= 15 is 0 Å². The molecule has 0 aliphatic carbocycles. The largest absolute Gasteiger partial charge is 0.463 e. The Morgan fingerprint density at radius 2 is 0.413 bits per heavy atom. The highest BCUT2D eigenvalue weighted by molar-refractivity contribution is 5.69. The highest BCUT2D eigenvalue weighted by atomic mass is 16.6. The highest BCUT2D eigenvalue weighted by Crippen LogP contribution is 2.14. The molecular formula is C51H102O12. The zero-order chi connectivity index (χ0) is 45.3. The van der Waals surface area contributed by atoms with Crippen LogP contribution in [-0.2, 0) is 56.9 Å². The molecular weight excluding hydrogens is 805 g/mol. The van der Waals surface area contributed by atoms with Crippen LogP contribution in [0.25, 0.3) is 0 Å². The quantitative estimate of drug-likeness (QED) is 0.0427. The summed E-state index contributed by atoms with van der Waals surface area (Å²) in [6.07, 6.45) is 35.1. The molecule has 0 atom stereocenters. The molecule has 12 heteroatoms. The summed E-state index contributed by atoms with van der Waals surface area (Å²) < 4.78 is 60.7. The monoisotopic (exact) mass is 907 g/mol. The Balaban J connectivity index is 3.12. The number of rotatable bonds is 58. The number of esters is 1. The molecule has 0 aromatic heterocycles. The Kier molecular flexibility index (Phi) is 58.2. The van der Waals surface area contributed by atoms with Crippen molar-refractivity contribution in [3.8, 4) is 0 Å². The molecule has 0 aliphatic rings. The van der Waals surface area contributed by atoms with Crippen LogP contribution >= 0.6 is 0 Å². The van der Waals surface area contributed by atoms with Crippen molar-refractivity contribution < 1.29 is 56.9 Å². The van der Waals surface area contributed by atoms with Gasteiger partial charge in [-0.05, 0) is 12.8 Å².